The summed E-state index contributed by atoms with van der Waals surface area (Å²) in [4.78, 5) is 4.03. The van der Waals surface area contributed by atoms with Gasteiger partial charge in [-0.2, -0.15) is 0 Å². The second-order valence-electron chi connectivity index (χ2n) is 4.71. The molecule has 5 heteroatoms. The van der Waals surface area contributed by atoms with E-state index in [9.17, 15) is 8.78 Å². The van der Waals surface area contributed by atoms with Gasteiger partial charge in [0, 0.05) is 35.3 Å². The van der Waals surface area contributed by atoms with E-state index in [-0.39, 0.29) is 12.1 Å². The van der Waals surface area contributed by atoms with E-state index >= 15 is 0 Å². The van der Waals surface area contributed by atoms with E-state index in [1.165, 1.54) is 6.07 Å². The highest BCUT2D eigenvalue weighted by atomic mass is 19.1. The molecule has 0 spiro atoms. The molecule has 3 nitrogen and oxygen atoms in total. The molecule has 0 aliphatic rings. The maximum Gasteiger partial charge on any atom is 0.128 e. The van der Waals surface area contributed by atoms with Gasteiger partial charge in [-0.1, -0.05) is 6.07 Å². The quantitative estimate of drug-likeness (QED) is 0.721. The lowest BCUT2D eigenvalue weighted by molar-refractivity contribution is 0.587. The molecule has 2 aromatic carbocycles. The Kier molecular flexibility index (Phi) is 3.39. The molecule has 0 saturated carbocycles. The van der Waals surface area contributed by atoms with Gasteiger partial charge >= 0.3 is 0 Å². The van der Waals surface area contributed by atoms with E-state index < -0.39 is 11.6 Å². The molecule has 0 amide bonds. The van der Waals surface area contributed by atoms with Crippen LogP contribution in [0.15, 0.2) is 48.8 Å². The number of fused-ring (bicyclic) bond motifs is 1. The average Bonchev–Trinajstić information content (AvgIpc) is 2.50. The molecular formula is C16H13F2N3. The van der Waals surface area contributed by atoms with E-state index in [2.05, 4.69) is 10.3 Å². The molecule has 3 rings (SSSR count). The van der Waals surface area contributed by atoms with Crippen molar-refractivity contribution in [2.75, 3.05) is 11.1 Å². The maximum absolute atomic E-state index is 13.6. The Bertz CT molecular complexity index is 803. The predicted octanol–water partition coefficient (Wildman–Crippen LogP) is 3.71. The van der Waals surface area contributed by atoms with E-state index in [0.717, 1.165) is 22.9 Å². The van der Waals surface area contributed by atoms with Crippen LogP contribution in [0.5, 0.6) is 0 Å². The van der Waals surface area contributed by atoms with E-state index in [0.29, 0.717) is 11.4 Å². The second kappa shape index (κ2) is 5.36. The van der Waals surface area contributed by atoms with Crippen molar-refractivity contribution in [2.24, 2.45) is 0 Å². The van der Waals surface area contributed by atoms with Gasteiger partial charge in [-0.05, 0) is 30.3 Å². The SMILES string of the molecule is Nc1c(NCc2cc(F)ccc2F)ccc2cnccc12. The number of hydrogen-bond donors (Lipinski definition) is 2. The summed E-state index contributed by atoms with van der Waals surface area (Å²) in [6.45, 7) is 0.157. The number of nitrogens with two attached hydrogens (primary N) is 1. The summed E-state index contributed by atoms with van der Waals surface area (Å²) >= 11 is 0. The van der Waals surface area contributed by atoms with Gasteiger partial charge < -0.3 is 11.1 Å². The lowest BCUT2D eigenvalue weighted by atomic mass is 10.1. The number of rotatable bonds is 3. The molecule has 0 fully saturated rings. The van der Waals surface area contributed by atoms with Gasteiger partial charge in [0.05, 0.1) is 11.4 Å². The minimum atomic E-state index is -0.467. The van der Waals surface area contributed by atoms with Crippen molar-refractivity contribution in [3.63, 3.8) is 0 Å². The van der Waals surface area contributed by atoms with Crippen LogP contribution in [0.3, 0.4) is 0 Å². The van der Waals surface area contributed by atoms with Crippen molar-refractivity contribution in [3.05, 3.63) is 66.0 Å². The van der Waals surface area contributed by atoms with Crippen molar-refractivity contribution in [2.45, 2.75) is 6.54 Å². The lowest BCUT2D eigenvalue weighted by Gasteiger charge is -2.12. The van der Waals surface area contributed by atoms with Crippen molar-refractivity contribution < 1.29 is 8.78 Å². The Morgan fingerprint density at radius 1 is 1.10 bits per heavy atom. The van der Waals surface area contributed by atoms with Gasteiger partial charge in [0.2, 0.25) is 0 Å². The van der Waals surface area contributed by atoms with E-state index in [4.69, 9.17) is 5.73 Å². The number of hydrogen-bond acceptors (Lipinski definition) is 3. The summed E-state index contributed by atoms with van der Waals surface area (Å²) in [7, 11) is 0. The first-order chi connectivity index (χ1) is 10.1. The third-order valence-electron chi connectivity index (χ3n) is 3.34. The molecule has 0 atom stereocenters. The molecule has 0 unspecified atom stereocenters. The fraction of sp³-hybridized carbons (Fsp3) is 0.0625. The molecule has 106 valence electrons. The first-order valence-corrected chi connectivity index (χ1v) is 6.45. The normalized spacial score (nSPS) is 10.8. The molecule has 0 bridgehead atoms. The highest BCUT2D eigenvalue weighted by Gasteiger charge is 2.07. The van der Waals surface area contributed by atoms with Crippen LogP contribution in [0, 0.1) is 11.6 Å². The number of nitrogen functional groups attached to an aromatic ring is 1. The first kappa shape index (κ1) is 13.3. The number of halogens is 2. The standard InChI is InChI=1S/C16H13F2N3/c17-12-2-3-14(18)11(7-12)9-21-15-4-1-10-8-20-6-5-13(10)16(15)19/h1-8,21H,9,19H2. The van der Waals surface area contributed by atoms with Crippen LogP contribution >= 0.6 is 0 Å². The summed E-state index contributed by atoms with van der Waals surface area (Å²) in [5, 5.41) is 4.84. The first-order valence-electron chi connectivity index (χ1n) is 6.45. The molecule has 1 heterocycles. The molecule has 0 aliphatic heterocycles. The highest BCUT2D eigenvalue weighted by molar-refractivity contribution is 5.98. The number of nitrogens with one attached hydrogen (secondary N) is 1. The molecular weight excluding hydrogens is 272 g/mol. The number of nitrogens with zero attached hydrogens (tertiary/aromatic N) is 1. The Hall–Kier alpha value is -2.69. The Morgan fingerprint density at radius 3 is 2.81 bits per heavy atom. The van der Waals surface area contributed by atoms with Gasteiger partial charge in [0.1, 0.15) is 11.6 Å². The van der Waals surface area contributed by atoms with Crippen molar-refractivity contribution >= 4 is 22.1 Å². The van der Waals surface area contributed by atoms with Crippen LogP contribution in [0.25, 0.3) is 10.8 Å². The Labute approximate surface area is 120 Å². The zero-order chi connectivity index (χ0) is 14.8. The van der Waals surface area contributed by atoms with Gasteiger partial charge in [0.15, 0.2) is 0 Å². The molecule has 3 N–H and O–H groups in total. The smallest absolute Gasteiger partial charge is 0.128 e. The molecule has 0 saturated heterocycles. The number of pyridine rings is 1. The highest BCUT2D eigenvalue weighted by Crippen LogP contribution is 2.28. The minimum absolute atomic E-state index is 0.157. The third kappa shape index (κ3) is 2.63. The molecule has 3 aromatic rings. The van der Waals surface area contributed by atoms with Crippen molar-refractivity contribution in [1.29, 1.82) is 0 Å². The molecule has 21 heavy (non-hydrogen) atoms. The number of benzene rings is 2. The fourth-order valence-corrected chi connectivity index (χ4v) is 2.22. The monoisotopic (exact) mass is 285 g/mol. The summed E-state index contributed by atoms with van der Waals surface area (Å²) in [6.07, 6.45) is 3.39. The predicted molar refractivity (Wildman–Crippen MR) is 79.8 cm³/mol. The number of anilines is 2. The van der Waals surface area contributed by atoms with Crippen LogP contribution in [-0.4, -0.2) is 4.98 Å². The molecule has 0 radical (unpaired) electrons. The van der Waals surface area contributed by atoms with Gasteiger partial charge in [-0.15, -0.1) is 0 Å². The largest absolute Gasteiger partial charge is 0.397 e. The third-order valence-corrected chi connectivity index (χ3v) is 3.34. The summed E-state index contributed by atoms with van der Waals surface area (Å²) in [5.74, 6) is -0.918. The zero-order valence-electron chi connectivity index (χ0n) is 11.1. The van der Waals surface area contributed by atoms with E-state index in [1.807, 2.05) is 12.1 Å². The Morgan fingerprint density at radius 2 is 1.95 bits per heavy atom. The van der Waals surface area contributed by atoms with Crippen LogP contribution in [0.1, 0.15) is 5.56 Å². The van der Waals surface area contributed by atoms with Gasteiger partial charge in [-0.25, -0.2) is 8.78 Å². The van der Waals surface area contributed by atoms with Gasteiger partial charge in [-0.3, -0.25) is 4.98 Å². The topological polar surface area (TPSA) is 50.9 Å². The summed E-state index contributed by atoms with van der Waals surface area (Å²) in [5.41, 5.74) is 7.59. The van der Waals surface area contributed by atoms with Crippen LogP contribution < -0.4 is 11.1 Å². The summed E-state index contributed by atoms with van der Waals surface area (Å²) in [6, 6.07) is 8.87. The van der Waals surface area contributed by atoms with Crippen LogP contribution in [-0.2, 0) is 6.54 Å². The van der Waals surface area contributed by atoms with Gasteiger partial charge in [0.25, 0.3) is 0 Å². The lowest BCUT2D eigenvalue weighted by Crippen LogP contribution is -2.05. The Balaban J connectivity index is 1.88. The number of aromatic nitrogens is 1. The minimum Gasteiger partial charge on any atom is -0.397 e. The fourth-order valence-electron chi connectivity index (χ4n) is 2.22. The van der Waals surface area contributed by atoms with E-state index in [1.54, 1.807) is 18.5 Å². The molecule has 0 aliphatic carbocycles. The summed E-state index contributed by atoms with van der Waals surface area (Å²) < 4.78 is 26.7. The van der Waals surface area contributed by atoms with Crippen LogP contribution in [0.2, 0.25) is 0 Å². The molecule has 1 aromatic heterocycles. The zero-order valence-corrected chi connectivity index (χ0v) is 11.1. The second-order valence-corrected chi connectivity index (χ2v) is 4.71. The van der Waals surface area contributed by atoms with Crippen LogP contribution in [0.4, 0.5) is 20.2 Å². The van der Waals surface area contributed by atoms with Crippen molar-refractivity contribution in [3.8, 4) is 0 Å². The average molecular weight is 285 g/mol. The van der Waals surface area contributed by atoms with Crippen molar-refractivity contribution in [1.82, 2.24) is 4.98 Å². The maximum atomic E-state index is 13.6.